The first-order chi connectivity index (χ1) is 11.6. The Balaban J connectivity index is 1.41. The molecular weight excluding hydrogens is 296 g/mol. The Hall–Kier alpha value is -2.13. The van der Waals surface area contributed by atoms with Crippen LogP contribution in [0.1, 0.15) is 34.3 Å². The summed E-state index contributed by atoms with van der Waals surface area (Å²) in [5, 5.41) is 3.18. The minimum atomic E-state index is 0.0445. The molecule has 1 N–H and O–H groups in total. The van der Waals surface area contributed by atoms with Gasteiger partial charge in [-0.15, -0.1) is 0 Å². The van der Waals surface area contributed by atoms with Crippen LogP contribution in [0.2, 0.25) is 0 Å². The monoisotopic (exact) mass is 320 g/mol. The van der Waals surface area contributed by atoms with Gasteiger partial charge in [0.15, 0.2) is 0 Å². The van der Waals surface area contributed by atoms with Gasteiger partial charge in [0.05, 0.1) is 0 Å². The molecule has 2 heterocycles. The molecule has 1 saturated carbocycles. The molecule has 3 aliphatic rings. The van der Waals surface area contributed by atoms with Crippen LogP contribution in [0.25, 0.3) is 0 Å². The maximum absolute atomic E-state index is 12.4. The van der Waals surface area contributed by atoms with Crippen molar-refractivity contribution in [2.45, 2.75) is 31.8 Å². The second-order valence-corrected chi connectivity index (χ2v) is 7.42. The molecule has 5 rings (SSSR count). The highest BCUT2D eigenvalue weighted by molar-refractivity contribution is 5.94. The van der Waals surface area contributed by atoms with Crippen LogP contribution in [0.4, 0.5) is 0 Å². The molecule has 0 unspecified atom stereocenters. The Bertz CT molecular complexity index is 735. The number of benzene rings is 2. The summed E-state index contributed by atoms with van der Waals surface area (Å²) >= 11 is 0. The van der Waals surface area contributed by atoms with Gasteiger partial charge in [0.2, 0.25) is 0 Å². The van der Waals surface area contributed by atoms with Crippen LogP contribution in [0.3, 0.4) is 0 Å². The van der Waals surface area contributed by atoms with Gasteiger partial charge in [-0.3, -0.25) is 9.69 Å². The van der Waals surface area contributed by atoms with E-state index < -0.39 is 0 Å². The van der Waals surface area contributed by atoms with E-state index >= 15 is 0 Å². The standard InChI is InChI=1S/C21H24N2O/c1-16-6-5-9-19(10-16)20(24)22-15-21-11-18(12-21)14-23(21)13-17-7-3-2-4-8-17/h2-10,18H,11-15H2,1H3,(H,22,24). The van der Waals surface area contributed by atoms with Crippen LogP contribution in [0.15, 0.2) is 54.6 Å². The van der Waals surface area contributed by atoms with Gasteiger partial charge in [-0.1, -0.05) is 48.0 Å². The average Bonchev–Trinajstić information content (AvgIpc) is 3.07. The van der Waals surface area contributed by atoms with Crippen molar-refractivity contribution in [1.82, 2.24) is 10.2 Å². The van der Waals surface area contributed by atoms with Crippen molar-refractivity contribution in [3.05, 3.63) is 71.3 Å². The fourth-order valence-corrected chi connectivity index (χ4v) is 4.33. The van der Waals surface area contributed by atoms with E-state index in [4.69, 9.17) is 0 Å². The molecular formula is C21H24N2O. The lowest BCUT2D eigenvalue weighted by Crippen LogP contribution is -2.53. The molecule has 1 aliphatic carbocycles. The summed E-state index contributed by atoms with van der Waals surface area (Å²) in [6.45, 7) is 4.92. The lowest BCUT2D eigenvalue weighted by molar-refractivity contribution is 0.0798. The Morgan fingerprint density at radius 3 is 2.71 bits per heavy atom. The largest absolute Gasteiger partial charge is 0.350 e. The van der Waals surface area contributed by atoms with Gasteiger partial charge in [0, 0.05) is 30.7 Å². The molecule has 2 aromatic rings. The number of aryl methyl sites for hydroxylation is 1. The van der Waals surface area contributed by atoms with Gasteiger partial charge in [-0.05, 0) is 43.4 Å². The van der Waals surface area contributed by atoms with Crippen LogP contribution in [0, 0.1) is 12.8 Å². The topological polar surface area (TPSA) is 32.3 Å². The van der Waals surface area contributed by atoms with Crippen molar-refractivity contribution in [2.24, 2.45) is 5.92 Å². The van der Waals surface area contributed by atoms with Crippen molar-refractivity contribution in [3.63, 3.8) is 0 Å². The molecule has 24 heavy (non-hydrogen) atoms. The molecule has 2 saturated heterocycles. The van der Waals surface area contributed by atoms with Gasteiger partial charge in [-0.2, -0.15) is 0 Å². The van der Waals surface area contributed by atoms with E-state index in [2.05, 4.69) is 40.5 Å². The first-order valence-corrected chi connectivity index (χ1v) is 8.78. The number of amides is 1. The minimum Gasteiger partial charge on any atom is -0.350 e. The third-order valence-corrected chi connectivity index (χ3v) is 5.56. The normalized spacial score (nSPS) is 25.3. The predicted octanol–water partition coefficient (Wildman–Crippen LogP) is 3.39. The summed E-state index contributed by atoms with van der Waals surface area (Å²) in [5.74, 6) is 0.854. The maximum Gasteiger partial charge on any atom is 0.251 e. The number of carbonyl (C=O) groups excluding carboxylic acids is 1. The number of carbonyl (C=O) groups is 1. The third kappa shape index (κ3) is 2.84. The Labute approximate surface area is 143 Å². The summed E-state index contributed by atoms with van der Waals surface area (Å²) < 4.78 is 0. The molecule has 3 fully saturated rings. The number of hydrogen-bond donors (Lipinski definition) is 1. The molecule has 0 spiro atoms. The van der Waals surface area contributed by atoms with E-state index in [1.165, 1.54) is 18.4 Å². The summed E-state index contributed by atoms with van der Waals surface area (Å²) in [6.07, 6.45) is 2.43. The lowest BCUT2D eigenvalue weighted by Gasteiger charge is -2.42. The second-order valence-electron chi connectivity index (χ2n) is 7.42. The van der Waals surface area contributed by atoms with Gasteiger partial charge in [0.25, 0.3) is 5.91 Å². The molecule has 0 atom stereocenters. The quantitative estimate of drug-likeness (QED) is 0.916. The Morgan fingerprint density at radius 2 is 1.96 bits per heavy atom. The highest BCUT2D eigenvalue weighted by atomic mass is 16.1. The Morgan fingerprint density at radius 1 is 1.17 bits per heavy atom. The molecule has 3 nitrogen and oxygen atoms in total. The molecule has 2 bridgehead atoms. The number of fused-ring (bicyclic) bond motifs is 1. The van der Waals surface area contributed by atoms with E-state index in [1.54, 1.807) is 0 Å². The van der Waals surface area contributed by atoms with Crippen LogP contribution < -0.4 is 5.32 Å². The lowest BCUT2D eigenvalue weighted by atomic mass is 9.73. The van der Waals surface area contributed by atoms with Crippen molar-refractivity contribution >= 4 is 5.91 Å². The number of nitrogens with zero attached hydrogens (tertiary/aromatic N) is 1. The molecule has 0 radical (unpaired) electrons. The van der Waals surface area contributed by atoms with Crippen molar-refractivity contribution in [1.29, 1.82) is 0 Å². The zero-order valence-electron chi connectivity index (χ0n) is 14.2. The van der Waals surface area contributed by atoms with Gasteiger partial charge >= 0.3 is 0 Å². The van der Waals surface area contributed by atoms with E-state index in [1.807, 2.05) is 31.2 Å². The first kappa shape index (κ1) is 15.4. The van der Waals surface area contributed by atoms with E-state index in [0.717, 1.165) is 36.7 Å². The van der Waals surface area contributed by atoms with Crippen LogP contribution in [0.5, 0.6) is 0 Å². The van der Waals surface area contributed by atoms with Crippen LogP contribution >= 0.6 is 0 Å². The highest BCUT2D eigenvalue weighted by Gasteiger charge is 2.55. The first-order valence-electron chi connectivity index (χ1n) is 8.78. The molecule has 2 aromatic carbocycles. The van der Waals surface area contributed by atoms with Crippen molar-refractivity contribution in [2.75, 3.05) is 13.1 Å². The van der Waals surface area contributed by atoms with E-state index in [0.29, 0.717) is 0 Å². The highest BCUT2D eigenvalue weighted by Crippen LogP contribution is 2.50. The summed E-state index contributed by atoms with van der Waals surface area (Å²) in [5.41, 5.74) is 3.40. The number of nitrogens with one attached hydrogen (secondary N) is 1. The average molecular weight is 320 g/mol. The van der Waals surface area contributed by atoms with Crippen LogP contribution in [-0.2, 0) is 6.54 Å². The number of rotatable bonds is 5. The number of hydrogen-bond acceptors (Lipinski definition) is 2. The molecule has 0 aromatic heterocycles. The van der Waals surface area contributed by atoms with Crippen LogP contribution in [-0.4, -0.2) is 29.4 Å². The van der Waals surface area contributed by atoms with Gasteiger partial charge in [-0.25, -0.2) is 0 Å². The summed E-state index contributed by atoms with van der Waals surface area (Å²) in [6, 6.07) is 18.4. The second kappa shape index (κ2) is 6.06. The fourth-order valence-electron chi connectivity index (χ4n) is 4.33. The fraction of sp³-hybridized carbons (Fsp3) is 0.381. The van der Waals surface area contributed by atoms with Gasteiger partial charge < -0.3 is 5.32 Å². The third-order valence-electron chi connectivity index (χ3n) is 5.56. The molecule has 2 aliphatic heterocycles. The molecule has 3 heteroatoms. The molecule has 124 valence electrons. The smallest absolute Gasteiger partial charge is 0.251 e. The molecule has 1 amide bonds. The minimum absolute atomic E-state index is 0.0445. The summed E-state index contributed by atoms with van der Waals surface area (Å²) in [4.78, 5) is 15.0. The zero-order chi connectivity index (χ0) is 16.6. The maximum atomic E-state index is 12.4. The van der Waals surface area contributed by atoms with Gasteiger partial charge in [0.1, 0.15) is 0 Å². The van der Waals surface area contributed by atoms with E-state index in [9.17, 15) is 4.79 Å². The van der Waals surface area contributed by atoms with Crippen molar-refractivity contribution in [3.8, 4) is 0 Å². The SMILES string of the molecule is Cc1cccc(C(=O)NCC23CC(CN2Cc2ccccc2)C3)c1. The predicted molar refractivity (Wildman–Crippen MR) is 95.8 cm³/mol. The van der Waals surface area contributed by atoms with Crippen molar-refractivity contribution < 1.29 is 4.79 Å². The van der Waals surface area contributed by atoms with E-state index in [-0.39, 0.29) is 11.4 Å². The zero-order valence-corrected chi connectivity index (χ0v) is 14.2. The Kier molecular flexibility index (Phi) is 3.89. The summed E-state index contributed by atoms with van der Waals surface area (Å²) in [7, 11) is 0.